The number of anilines is 2. The number of methoxy groups -OCH3 is 1. The van der Waals surface area contributed by atoms with E-state index in [-0.39, 0.29) is 11.8 Å². The summed E-state index contributed by atoms with van der Waals surface area (Å²) >= 11 is 6.06. The third kappa shape index (κ3) is 3.36. The van der Waals surface area contributed by atoms with E-state index in [1.165, 1.54) is 0 Å². The van der Waals surface area contributed by atoms with Gasteiger partial charge in [-0.25, -0.2) is 0 Å². The van der Waals surface area contributed by atoms with Crippen molar-refractivity contribution in [1.29, 1.82) is 0 Å². The van der Waals surface area contributed by atoms with Gasteiger partial charge in [-0.3, -0.25) is 9.59 Å². The fraction of sp³-hybridized carbons (Fsp3) is 0.222. The number of nitrogens with one attached hydrogen (secondary N) is 1. The molecule has 124 valence electrons. The van der Waals surface area contributed by atoms with Crippen molar-refractivity contribution in [1.82, 2.24) is 0 Å². The minimum Gasteiger partial charge on any atom is -0.497 e. The molecule has 1 aliphatic rings. The average molecular weight is 345 g/mol. The minimum atomic E-state index is -0.297. The molecule has 0 radical (unpaired) electrons. The third-order valence-electron chi connectivity index (χ3n) is 3.90. The number of hydrogen-bond acceptors (Lipinski definition) is 3. The number of nitrogens with zero attached hydrogens (tertiary/aromatic N) is 1. The number of halogens is 1. The first kappa shape index (κ1) is 16.3. The van der Waals surface area contributed by atoms with Crippen molar-refractivity contribution in [3.63, 3.8) is 0 Å². The van der Waals surface area contributed by atoms with E-state index in [2.05, 4.69) is 5.32 Å². The van der Waals surface area contributed by atoms with Gasteiger partial charge in [-0.1, -0.05) is 17.7 Å². The highest BCUT2D eigenvalue weighted by Crippen LogP contribution is 2.29. The largest absolute Gasteiger partial charge is 0.497 e. The molecule has 6 heteroatoms. The zero-order valence-electron chi connectivity index (χ0n) is 13.2. The fourth-order valence-electron chi connectivity index (χ4n) is 2.72. The van der Waals surface area contributed by atoms with Gasteiger partial charge < -0.3 is 15.0 Å². The monoisotopic (exact) mass is 344 g/mol. The predicted octanol–water partition coefficient (Wildman–Crippen LogP) is 3.73. The number of rotatable bonds is 4. The molecule has 2 amide bonds. The zero-order valence-corrected chi connectivity index (χ0v) is 14.0. The van der Waals surface area contributed by atoms with Gasteiger partial charge in [-0.15, -0.1) is 0 Å². The lowest BCUT2D eigenvalue weighted by Gasteiger charge is -2.20. The molecule has 0 aromatic heterocycles. The molecule has 0 saturated carbocycles. The molecule has 1 fully saturated rings. The number of benzene rings is 2. The summed E-state index contributed by atoms with van der Waals surface area (Å²) in [5.41, 5.74) is 1.58. The van der Waals surface area contributed by atoms with E-state index in [1.54, 1.807) is 54.5 Å². The van der Waals surface area contributed by atoms with Crippen molar-refractivity contribution >= 4 is 34.8 Å². The number of amides is 2. The lowest BCUT2D eigenvalue weighted by atomic mass is 10.1. The second-order valence-electron chi connectivity index (χ2n) is 5.50. The van der Waals surface area contributed by atoms with Gasteiger partial charge in [-0.05, 0) is 36.8 Å². The first-order valence-electron chi connectivity index (χ1n) is 7.64. The molecule has 0 aliphatic carbocycles. The number of carbonyl (C=O) groups excluding carboxylic acids is 2. The highest BCUT2D eigenvalue weighted by Gasteiger charge is 2.26. The van der Waals surface area contributed by atoms with Crippen LogP contribution >= 0.6 is 11.6 Å². The van der Waals surface area contributed by atoms with E-state index < -0.39 is 0 Å². The van der Waals surface area contributed by atoms with Crippen molar-refractivity contribution in [3.05, 3.63) is 53.1 Å². The maximum atomic E-state index is 12.7. The summed E-state index contributed by atoms with van der Waals surface area (Å²) in [6.07, 6.45) is 1.27. The molecular formula is C18H17ClN2O3. The van der Waals surface area contributed by atoms with Crippen LogP contribution in [0, 0.1) is 0 Å². The Bertz CT molecular complexity index is 792. The van der Waals surface area contributed by atoms with Crippen molar-refractivity contribution < 1.29 is 14.3 Å². The molecule has 0 atom stereocenters. The Hall–Kier alpha value is -2.53. The molecule has 0 unspecified atom stereocenters. The molecule has 1 saturated heterocycles. The van der Waals surface area contributed by atoms with Crippen LogP contribution in [-0.2, 0) is 4.79 Å². The van der Waals surface area contributed by atoms with Crippen LogP contribution in [0.3, 0.4) is 0 Å². The molecule has 0 bridgehead atoms. The first-order chi connectivity index (χ1) is 11.6. The van der Waals surface area contributed by atoms with E-state index >= 15 is 0 Å². The summed E-state index contributed by atoms with van der Waals surface area (Å²) in [6, 6.07) is 12.0. The average Bonchev–Trinajstić information content (AvgIpc) is 3.00. The molecule has 1 N–H and O–H groups in total. The molecule has 24 heavy (non-hydrogen) atoms. The minimum absolute atomic E-state index is 0.00713. The molecule has 1 heterocycles. The fourth-order valence-corrected chi connectivity index (χ4v) is 2.89. The molecule has 3 rings (SSSR count). The molecule has 2 aromatic carbocycles. The SMILES string of the molecule is COc1cccc(NC(=O)c2ccc(Cl)cc2N2CCCC2=O)c1. The Morgan fingerprint density at radius 1 is 1.25 bits per heavy atom. The van der Waals surface area contributed by atoms with Gasteiger partial charge >= 0.3 is 0 Å². The number of carbonyl (C=O) groups is 2. The quantitative estimate of drug-likeness (QED) is 0.919. The standard InChI is InChI=1S/C18H17ClN2O3/c1-24-14-5-2-4-13(11-14)20-18(23)15-8-7-12(19)10-16(15)21-9-3-6-17(21)22/h2,4-5,7-8,10-11H,3,6,9H2,1H3,(H,20,23). The number of ether oxygens (including phenoxy) is 1. The van der Waals surface area contributed by atoms with Gasteiger partial charge in [0, 0.05) is 29.7 Å². The van der Waals surface area contributed by atoms with Crippen LogP contribution in [0.15, 0.2) is 42.5 Å². The lowest BCUT2D eigenvalue weighted by molar-refractivity contribution is -0.117. The van der Waals surface area contributed by atoms with Crippen LogP contribution in [-0.4, -0.2) is 25.5 Å². The van der Waals surface area contributed by atoms with Gasteiger partial charge in [0.2, 0.25) is 5.91 Å². The summed E-state index contributed by atoms with van der Waals surface area (Å²) in [4.78, 5) is 26.3. The van der Waals surface area contributed by atoms with E-state index in [4.69, 9.17) is 16.3 Å². The van der Waals surface area contributed by atoms with Crippen LogP contribution in [0.1, 0.15) is 23.2 Å². The summed E-state index contributed by atoms with van der Waals surface area (Å²) < 4.78 is 5.16. The van der Waals surface area contributed by atoms with Crippen molar-refractivity contribution in [2.24, 2.45) is 0 Å². The van der Waals surface area contributed by atoms with Crippen LogP contribution < -0.4 is 15.0 Å². The Labute approximate surface area is 145 Å². The van der Waals surface area contributed by atoms with Gasteiger partial charge in [0.25, 0.3) is 5.91 Å². The maximum Gasteiger partial charge on any atom is 0.257 e. The van der Waals surface area contributed by atoms with Gasteiger partial charge in [-0.2, -0.15) is 0 Å². The van der Waals surface area contributed by atoms with Crippen molar-refractivity contribution in [3.8, 4) is 5.75 Å². The van der Waals surface area contributed by atoms with E-state index in [1.807, 2.05) is 0 Å². The summed E-state index contributed by atoms with van der Waals surface area (Å²) in [5, 5.41) is 3.32. The Balaban J connectivity index is 1.90. The summed E-state index contributed by atoms with van der Waals surface area (Å²) in [5.74, 6) is 0.362. The lowest BCUT2D eigenvalue weighted by Crippen LogP contribution is -2.27. The molecule has 0 spiro atoms. The van der Waals surface area contributed by atoms with E-state index in [9.17, 15) is 9.59 Å². The second kappa shape index (κ2) is 6.93. The second-order valence-corrected chi connectivity index (χ2v) is 5.93. The van der Waals surface area contributed by atoms with E-state index in [0.717, 1.165) is 6.42 Å². The predicted molar refractivity (Wildman–Crippen MR) is 94.0 cm³/mol. The van der Waals surface area contributed by atoms with Crippen LogP contribution in [0.4, 0.5) is 11.4 Å². The van der Waals surface area contributed by atoms with Gasteiger partial charge in [0.05, 0.1) is 18.4 Å². The Morgan fingerprint density at radius 3 is 2.79 bits per heavy atom. The summed E-state index contributed by atoms with van der Waals surface area (Å²) in [7, 11) is 1.57. The van der Waals surface area contributed by atoms with Crippen molar-refractivity contribution in [2.45, 2.75) is 12.8 Å². The van der Waals surface area contributed by atoms with Crippen LogP contribution in [0.25, 0.3) is 0 Å². The van der Waals surface area contributed by atoms with Crippen LogP contribution in [0.2, 0.25) is 5.02 Å². The molecule has 1 aliphatic heterocycles. The Morgan fingerprint density at radius 2 is 2.08 bits per heavy atom. The van der Waals surface area contributed by atoms with Crippen LogP contribution in [0.5, 0.6) is 5.75 Å². The smallest absolute Gasteiger partial charge is 0.257 e. The number of hydrogen-bond donors (Lipinski definition) is 1. The zero-order chi connectivity index (χ0) is 17.1. The molecular weight excluding hydrogens is 328 g/mol. The summed E-state index contributed by atoms with van der Waals surface area (Å²) in [6.45, 7) is 0.596. The third-order valence-corrected chi connectivity index (χ3v) is 4.13. The highest BCUT2D eigenvalue weighted by atomic mass is 35.5. The van der Waals surface area contributed by atoms with E-state index in [0.29, 0.717) is 40.7 Å². The molecule has 2 aromatic rings. The normalized spacial score (nSPS) is 13.9. The van der Waals surface area contributed by atoms with Gasteiger partial charge in [0.15, 0.2) is 0 Å². The molecule has 5 nitrogen and oxygen atoms in total. The topological polar surface area (TPSA) is 58.6 Å². The Kier molecular flexibility index (Phi) is 4.71. The first-order valence-corrected chi connectivity index (χ1v) is 8.01. The van der Waals surface area contributed by atoms with Gasteiger partial charge in [0.1, 0.15) is 5.75 Å². The highest BCUT2D eigenvalue weighted by molar-refractivity contribution is 6.31. The van der Waals surface area contributed by atoms with Crippen molar-refractivity contribution in [2.75, 3.05) is 23.9 Å². The maximum absolute atomic E-state index is 12.7.